The summed E-state index contributed by atoms with van der Waals surface area (Å²) in [5.41, 5.74) is 12.0. The number of hydrogen-bond acceptors (Lipinski definition) is 2. The molecule has 1 aliphatic carbocycles. The van der Waals surface area contributed by atoms with E-state index in [-0.39, 0.29) is 0 Å². The SMILES string of the molecule is C1=Cc2c(c3ccccc3n2Cc2ccc(-c3ccccc3)cc2)CC1.CC.Cc1ccc(-c2ccccc2)cc1.NN. The van der Waals surface area contributed by atoms with E-state index < -0.39 is 0 Å². The molecule has 0 saturated carbocycles. The molecule has 6 aromatic rings. The van der Waals surface area contributed by atoms with Crippen LogP contribution in [0.5, 0.6) is 0 Å². The van der Waals surface area contributed by atoms with Gasteiger partial charge in [-0.3, -0.25) is 11.7 Å². The number of aromatic nitrogens is 1. The Hall–Kier alpha value is -4.70. The molecular weight excluding hydrogens is 522 g/mol. The second kappa shape index (κ2) is 16.1. The molecule has 3 nitrogen and oxygen atoms in total. The quantitative estimate of drug-likeness (QED) is 0.165. The van der Waals surface area contributed by atoms with Crippen molar-refractivity contribution in [3.63, 3.8) is 0 Å². The van der Waals surface area contributed by atoms with E-state index in [0.29, 0.717) is 0 Å². The fourth-order valence-corrected chi connectivity index (χ4v) is 5.43. The molecule has 0 fully saturated rings. The highest BCUT2D eigenvalue weighted by Gasteiger charge is 2.16. The Labute approximate surface area is 257 Å². The molecule has 0 bridgehead atoms. The number of hydrogen-bond donors (Lipinski definition) is 2. The summed E-state index contributed by atoms with van der Waals surface area (Å²) in [5.74, 6) is 8.00. The highest BCUT2D eigenvalue weighted by molar-refractivity contribution is 5.89. The number of allylic oxidation sites excluding steroid dienone is 1. The lowest BCUT2D eigenvalue weighted by atomic mass is 10.0. The zero-order valence-corrected chi connectivity index (χ0v) is 25.6. The number of para-hydroxylation sites is 1. The van der Waals surface area contributed by atoms with Crippen LogP contribution in [0.4, 0.5) is 0 Å². The largest absolute Gasteiger partial charge is 0.336 e. The van der Waals surface area contributed by atoms with Crippen LogP contribution < -0.4 is 11.7 Å². The van der Waals surface area contributed by atoms with Crippen LogP contribution in [0.25, 0.3) is 39.2 Å². The summed E-state index contributed by atoms with van der Waals surface area (Å²) in [6, 6.07) is 47.4. The van der Waals surface area contributed by atoms with Gasteiger partial charge in [-0.25, -0.2) is 0 Å². The molecule has 0 amide bonds. The van der Waals surface area contributed by atoms with Crippen molar-refractivity contribution in [2.45, 2.75) is 40.2 Å². The number of nitrogens with two attached hydrogens (primary N) is 2. The predicted molar refractivity (Wildman–Crippen MR) is 187 cm³/mol. The van der Waals surface area contributed by atoms with E-state index in [1.165, 1.54) is 55.5 Å². The number of rotatable bonds is 4. The number of hydrazine groups is 1. The second-order valence-corrected chi connectivity index (χ2v) is 10.2. The van der Waals surface area contributed by atoms with Gasteiger partial charge in [-0.05, 0) is 65.3 Å². The summed E-state index contributed by atoms with van der Waals surface area (Å²) < 4.78 is 2.47. The minimum Gasteiger partial charge on any atom is -0.336 e. The number of aryl methyl sites for hydroxylation is 2. The molecule has 3 heteroatoms. The van der Waals surface area contributed by atoms with Crippen molar-refractivity contribution in [1.29, 1.82) is 0 Å². The van der Waals surface area contributed by atoms with E-state index in [1.807, 2.05) is 19.9 Å². The predicted octanol–water partition coefficient (Wildman–Crippen LogP) is 9.82. The van der Waals surface area contributed by atoms with Gasteiger partial charge in [0.25, 0.3) is 0 Å². The lowest BCUT2D eigenvalue weighted by molar-refractivity contribution is 0.812. The number of fused-ring (bicyclic) bond motifs is 3. The molecule has 0 unspecified atom stereocenters. The molecule has 0 radical (unpaired) electrons. The van der Waals surface area contributed by atoms with Crippen LogP contribution in [0, 0.1) is 6.92 Å². The van der Waals surface area contributed by atoms with Crippen molar-refractivity contribution in [2.75, 3.05) is 0 Å². The Morgan fingerprint density at radius 2 is 1.07 bits per heavy atom. The maximum atomic E-state index is 4.00. The molecule has 1 heterocycles. The Bertz CT molecular complexity index is 1700. The van der Waals surface area contributed by atoms with Crippen molar-refractivity contribution in [3.05, 3.63) is 162 Å². The summed E-state index contributed by atoms with van der Waals surface area (Å²) in [7, 11) is 0. The van der Waals surface area contributed by atoms with E-state index in [9.17, 15) is 0 Å². The van der Waals surface area contributed by atoms with Gasteiger partial charge in [0.15, 0.2) is 0 Å². The fourth-order valence-electron chi connectivity index (χ4n) is 5.43. The van der Waals surface area contributed by atoms with Crippen molar-refractivity contribution < 1.29 is 0 Å². The molecule has 7 rings (SSSR count). The standard InChI is InChI=1S/C25H21N.C13H12.C2H6.H4N2/c1-2-8-20(9-3-1)21-16-14-19(15-17-21)18-26-24-12-6-4-10-22(24)23-11-5-7-13-25(23)26;1-11-7-9-13(10-8-11)12-5-3-2-4-6-12;2*1-2/h1-4,6-10,12-17H,5,11,18H2;2-10H,1H3;1-2H3;1-2H2. The second-order valence-electron chi connectivity index (χ2n) is 10.2. The zero-order chi connectivity index (χ0) is 30.4. The molecule has 0 aliphatic heterocycles. The van der Waals surface area contributed by atoms with Gasteiger partial charge >= 0.3 is 0 Å². The summed E-state index contributed by atoms with van der Waals surface area (Å²) in [6.45, 7) is 7.02. The third-order valence-corrected chi connectivity index (χ3v) is 7.52. The third-order valence-electron chi connectivity index (χ3n) is 7.52. The summed E-state index contributed by atoms with van der Waals surface area (Å²) in [6.07, 6.45) is 6.90. The van der Waals surface area contributed by atoms with E-state index in [2.05, 4.69) is 163 Å². The highest BCUT2D eigenvalue weighted by atomic mass is 15.0. The Morgan fingerprint density at radius 1 is 0.581 bits per heavy atom. The van der Waals surface area contributed by atoms with E-state index in [0.717, 1.165) is 19.4 Å². The van der Waals surface area contributed by atoms with Crippen molar-refractivity contribution in [3.8, 4) is 22.3 Å². The van der Waals surface area contributed by atoms with Gasteiger partial charge < -0.3 is 4.57 Å². The highest BCUT2D eigenvalue weighted by Crippen LogP contribution is 2.32. The van der Waals surface area contributed by atoms with Gasteiger partial charge in [0.05, 0.1) is 0 Å². The Balaban J connectivity index is 0.000000210. The first-order valence-corrected chi connectivity index (χ1v) is 15.1. The van der Waals surface area contributed by atoms with Crippen LogP contribution in [-0.2, 0) is 13.0 Å². The molecule has 0 spiro atoms. The van der Waals surface area contributed by atoms with Gasteiger partial charge in [0.2, 0.25) is 0 Å². The smallest absolute Gasteiger partial charge is 0.0491 e. The Kier molecular flexibility index (Phi) is 11.7. The van der Waals surface area contributed by atoms with Crippen LogP contribution in [0.3, 0.4) is 0 Å². The molecule has 218 valence electrons. The van der Waals surface area contributed by atoms with Crippen molar-refractivity contribution >= 4 is 17.0 Å². The maximum absolute atomic E-state index is 4.00. The molecular formula is C40H43N3. The van der Waals surface area contributed by atoms with Gasteiger partial charge in [0.1, 0.15) is 0 Å². The zero-order valence-electron chi connectivity index (χ0n) is 25.6. The topological polar surface area (TPSA) is 57.0 Å². The van der Waals surface area contributed by atoms with Crippen LogP contribution in [0.1, 0.15) is 42.7 Å². The van der Waals surface area contributed by atoms with Gasteiger partial charge in [0, 0.05) is 23.1 Å². The van der Waals surface area contributed by atoms with E-state index in [1.54, 1.807) is 0 Å². The lowest BCUT2D eigenvalue weighted by Crippen LogP contribution is -2.04. The molecule has 0 atom stereocenters. The van der Waals surface area contributed by atoms with E-state index in [4.69, 9.17) is 0 Å². The van der Waals surface area contributed by atoms with Crippen LogP contribution in [0.15, 0.2) is 140 Å². The molecule has 5 aromatic carbocycles. The average molecular weight is 566 g/mol. The number of benzene rings is 5. The van der Waals surface area contributed by atoms with Crippen molar-refractivity contribution in [1.82, 2.24) is 4.57 Å². The molecule has 43 heavy (non-hydrogen) atoms. The third kappa shape index (κ3) is 7.78. The van der Waals surface area contributed by atoms with Crippen LogP contribution >= 0.6 is 0 Å². The fraction of sp³-hybridized carbons (Fsp3) is 0.150. The minimum atomic E-state index is 0.912. The normalized spacial score (nSPS) is 11.2. The van der Waals surface area contributed by atoms with Gasteiger partial charge in [-0.2, -0.15) is 0 Å². The van der Waals surface area contributed by atoms with Gasteiger partial charge in [-0.15, -0.1) is 0 Å². The van der Waals surface area contributed by atoms with Crippen molar-refractivity contribution in [2.24, 2.45) is 11.7 Å². The molecule has 1 aromatic heterocycles. The van der Waals surface area contributed by atoms with Gasteiger partial charge in [-0.1, -0.05) is 153 Å². The lowest BCUT2D eigenvalue weighted by Gasteiger charge is -2.12. The first-order chi connectivity index (χ1) is 21.3. The first-order valence-electron chi connectivity index (χ1n) is 15.1. The molecule has 1 aliphatic rings. The Morgan fingerprint density at radius 3 is 1.65 bits per heavy atom. The monoisotopic (exact) mass is 565 g/mol. The average Bonchev–Trinajstić information content (AvgIpc) is 3.41. The first kappa shape index (κ1) is 31.2. The summed E-state index contributed by atoms with van der Waals surface area (Å²) in [4.78, 5) is 0. The maximum Gasteiger partial charge on any atom is 0.0491 e. The molecule has 4 N–H and O–H groups in total. The molecule has 0 saturated heterocycles. The van der Waals surface area contributed by atoms with Crippen LogP contribution in [-0.4, -0.2) is 4.57 Å². The minimum absolute atomic E-state index is 0.912. The van der Waals surface area contributed by atoms with Crippen LogP contribution in [0.2, 0.25) is 0 Å². The summed E-state index contributed by atoms with van der Waals surface area (Å²) in [5, 5.41) is 1.41. The summed E-state index contributed by atoms with van der Waals surface area (Å²) >= 11 is 0. The number of nitrogens with zero attached hydrogens (tertiary/aromatic N) is 1. The van der Waals surface area contributed by atoms with E-state index >= 15 is 0 Å².